The fourth-order valence-corrected chi connectivity index (χ4v) is 3.32. The van der Waals surface area contributed by atoms with Gasteiger partial charge in [-0.1, -0.05) is 18.2 Å². The Morgan fingerprint density at radius 2 is 1.89 bits per heavy atom. The van der Waals surface area contributed by atoms with Crippen molar-refractivity contribution < 1.29 is 24.0 Å². The van der Waals surface area contributed by atoms with Crippen LogP contribution >= 0.6 is 0 Å². The summed E-state index contributed by atoms with van der Waals surface area (Å²) in [5, 5.41) is 7.65. The average Bonchev–Trinajstić information content (AvgIpc) is 2.67. The monoisotopic (exact) mass is 384 g/mol. The van der Waals surface area contributed by atoms with Gasteiger partial charge in [0.1, 0.15) is 18.8 Å². The van der Waals surface area contributed by atoms with Crippen molar-refractivity contribution >= 4 is 22.8 Å². The molecular formula is C21H26N3O4+. The van der Waals surface area contributed by atoms with E-state index in [2.05, 4.69) is 28.8 Å². The molecule has 1 atom stereocenters. The van der Waals surface area contributed by atoms with Crippen LogP contribution in [0.15, 0.2) is 47.7 Å². The lowest BCUT2D eigenvalue weighted by Crippen LogP contribution is -3.08. The largest absolute Gasteiger partial charge is 0.497 e. The molecule has 0 aliphatic carbocycles. The highest BCUT2D eigenvalue weighted by Gasteiger charge is 2.25. The maximum atomic E-state index is 12.2. The van der Waals surface area contributed by atoms with Gasteiger partial charge in [-0.05, 0) is 35.9 Å². The number of ether oxygens (including phenoxy) is 2. The van der Waals surface area contributed by atoms with Gasteiger partial charge in [-0.3, -0.25) is 0 Å². The zero-order valence-corrected chi connectivity index (χ0v) is 16.4. The van der Waals surface area contributed by atoms with Gasteiger partial charge in [0.05, 0.1) is 38.6 Å². The molecule has 0 fully saturated rings. The van der Waals surface area contributed by atoms with E-state index in [-0.39, 0.29) is 12.6 Å². The molecule has 7 heteroatoms. The second-order valence-corrected chi connectivity index (χ2v) is 6.84. The van der Waals surface area contributed by atoms with E-state index >= 15 is 0 Å². The molecule has 3 rings (SSSR count). The van der Waals surface area contributed by atoms with Crippen LogP contribution in [0.1, 0.15) is 12.5 Å². The number of urea groups is 1. The Bertz CT molecular complexity index is 923. The zero-order valence-electron chi connectivity index (χ0n) is 16.4. The lowest BCUT2D eigenvalue weighted by atomic mass is 10.1. The number of quaternary nitrogens is 1. The lowest BCUT2D eigenvalue weighted by Gasteiger charge is -2.23. The number of hydrogen-bond acceptors (Lipinski definition) is 4. The fraction of sp³-hybridized carbons (Fsp3) is 0.333. The molecule has 0 spiro atoms. The number of hydrogen-bond donors (Lipinski definition) is 3. The number of amides is 2. The van der Waals surface area contributed by atoms with Crippen molar-refractivity contribution in [2.45, 2.75) is 13.5 Å². The molecule has 1 aliphatic rings. The van der Waals surface area contributed by atoms with Gasteiger partial charge in [-0.2, -0.15) is 0 Å². The molecule has 0 aromatic heterocycles. The number of fused-ring (bicyclic) bond motifs is 1. The summed E-state index contributed by atoms with van der Waals surface area (Å²) in [6.45, 7) is 3.52. The van der Waals surface area contributed by atoms with Crippen LogP contribution in [-0.2, 0) is 16.1 Å². The Labute approximate surface area is 164 Å². The quantitative estimate of drug-likeness (QED) is 0.622. The van der Waals surface area contributed by atoms with Crippen LogP contribution in [0, 0.1) is 0 Å². The standard InChI is InChI=1S/C21H25N3O4/c1-4-28-20(25)18-11-22-21(26)23-19(18)13-24(2)12-14-5-6-16-10-17(27-3)8-7-15(16)9-14/h5-10H,4,11-13H2,1-3H3,(H2,22,23,26)/p+1. The van der Waals surface area contributed by atoms with E-state index in [9.17, 15) is 9.59 Å². The second-order valence-electron chi connectivity index (χ2n) is 6.84. The summed E-state index contributed by atoms with van der Waals surface area (Å²) >= 11 is 0. The summed E-state index contributed by atoms with van der Waals surface area (Å²) < 4.78 is 10.4. The van der Waals surface area contributed by atoms with E-state index in [1.165, 1.54) is 5.56 Å². The number of carbonyl (C=O) groups excluding carboxylic acids is 2. The molecule has 2 amide bonds. The molecule has 1 unspecified atom stereocenters. The van der Waals surface area contributed by atoms with Crippen molar-refractivity contribution in [3.63, 3.8) is 0 Å². The molecular weight excluding hydrogens is 358 g/mol. The summed E-state index contributed by atoms with van der Waals surface area (Å²) in [7, 11) is 3.69. The van der Waals surface area contributed by atoms with Gasteiger partial charge in [0.2, 0.25) is 0 Å². The van der Waals surface area contributed by atoms with Crippen molar-refractivity contribution in [3.05, 3.63) is 53.2 Å². The van der Waals surface area contributed by atoms with Crippen molar-refractivity contribution in [2.75, 3.05) is 33.9 Å². The molecule has 1 aliphatic heterocycles. The molecule has 2 aromatic rings. The van der Waals surface area contributed by atoms with Gasteiger partial charge >= 0.3 is 12.0 Å². The fourth-order valence-electron chi connectivity index (χ4n) is 3.32. The Kier molecular flexibility index (Phi) is 6.16. The second kappa shape index (κ2) is 8.75. The Morgan fingerprint density at radius 3 is 2.64 bits per heavy atom. The van der Waals surface area contributed by atoms with Crippen LogP contribution < -0.4 is 20.3 Å². The van der Waals surface area contributed by atoms with E-state index in [0.717, 1.165) is 28.0 Å². The third kappa shape index (κ3) is 4.61. The maximum absolute atomic E-state index is 12.2. The highest BCUT2D eigenvalue weighted by Crippen LogP contribution is 2.21. The molecule has 0 radical (unpaired) electrons. The molecule has 0 bridgehead atoms. The Morgan fingerprint density at radius 1 is 1.14 bits per heavy atom. The van der Waals surface area contributed by atoms with Gasteiger partial charge < -0.3 is 25.0 Å². The lowest BCUT2D eigenvalue weighted by molar-refractivity contribution is -0.889. The van der Waals surface area contributed by atoms with Crippen LogP contribution in [0.3, 0.4) is 0 Å². The SMILES string of the molecule is CCOC(=O)C1=C(C[NH+](C)Cc2ccc3cc(OC)ccc3c2)NC(=O)NC1. The molecule has 1 heterocycles. The molecule has 28 heavy (non-hydrogen) atoms. The zero-order chi connectivity index (χ0) is 20.1. The van der Waals surface area contributed by atoms with E-state index in [0.29, 0.717) is 24.4 Å². The van der Waals surface area contributed by atoms with Gasteiger partial charge in [0, 0.05) is 5.56 Å². The van der Waals surface area contributed by atoms with Gasteiger partial charge in [-0.15, -0.1) is 0 Å². The van der Waals surface area contributed by atoms with Gasteiger partial charge in [0.15, 0.2) is 0 Å². The van der Waals surface area contributed by atoms with Gasteiger partial charge in [-0.25, -0.2) is 9.59 Å². The maximum Gasteiger partial charge on any atom is 0.337 e. The topological polar surface area (TPSA) is 81.1 Å². The van der Waals surface area contributed by atoms with Crippen molar-refractivity contribution in [2.24, 2.45) is 0 Å². The van der Waals surface area contributed by atoms with Gasteiger partial charge in [0.25, 0.3) is 0 Å². The number of benzene rings is 2. The van der Waals surface area contributed by atoms with Crippen molar-refractivity contribution in [3.8, 4) is 5.75 Å². The van der Waals surface area contributed by atoms with E-state index in [1.807, 2.05) is 25.2 Å². The summed E-state index contributed by atoms with van der Waals surface area (Å²) in [5.74, 6) is 0.445. The molecule has 2 aromatic carbocycles. The van der Waals surface area contributed by atoms with Crippen LogP contribution in [0.5, 0.6) is 5.75 Å². The minimum atomic E-state index is -0.391. The number of rotatable bonds is 7. The number of carbonyl (C=O) groups is 2. The third-order valence-corrected chi connectivity index (χ3v) is 4.67. The smallest absolute Gasteiger partial charge is 0.337 e. The van der Waals surface area contributed by atoms with Crippen LogP contribution in [-0.4, -0.2) is 45.9 Å². The van der Waals surface area contributed by atoms with E-state index < -0.39 is 5.97 Å². The number of likely N-dealkylation sites (N-methyl/N-ethyl adjacent to an activating group) is 1. The first-order valence-corrected chi connectivity index (χ1v) is 9.32. The number of methoxy groups -OCH3 is 1. The predicted octanol–water partition coefficient (Wildman–Crippen LogP) is 0.993. The molecule has 0 saturated heterocycles. The Balaban J connectivity index is 1.74. The summed E-state index contributed by atoms with van der Waals surface area (Å²) in [4.78, 5) is 25.0. The van der Waals surface area contributed by atoms with Crippen LogP contribution in [0.2, 0.25) is 0 Å². The van der Waals surface area contributed by atoms with E-state index in [1.54, 1.807) is 14.0 Å². The molecule has 7 nitrogen and oxygen atoms in total. The summed E-state index contributed by atoms with van der Waals surface area (Å²) in [5.41, 5.74) is 2.27. The highest BCUT2D eigenvalue weighted by atomic mass is 16.5. The highest BCUT2D eigenvalue weighted by molar-refractivity contribution is 5.93. The number of esters is 1. The first-order valence-electron chi connectivity index (χ1n) is 9.32. The number of nitrogens with one attached hydrogen (secondary N) is 3. The van der Waals surface area contributed by atoms with Crippen LogP contribution in [0.4, 0.5) is 4.79 Å². The molecule has 0 saturated carbocycles. The molecule has 3 N–H and O–H groups in total. The van der Waals surface area contributed by atoms with Crippen molar-refractivity contribution in [1.29, 1.82) is 0 Å². The summed E-state index contributed by atoms with van der Waals surface area (Å²) in [6, 6.07) is 12.0. The van der Waals surface area contributed by atoms with Crippen molar-refractivity contribution in [1.82, 2.24) is 10.6 Å². The first-order chi connectivity index (χ1) is 13.5. The normalized spacial score (nSPS) is 15.0. The first kappa shape index (κ1) is 19.7. The summed E-state index contributed by atoms with van der Waals surface area (Å²) in [6.07, 6.45) is 0. The molecule has 148 valence electrons. The third-order valence-electron chi connectivity index (χ3n) is 4.67. The Hall–Kier alpha value is -3.06. The predicted molar refractivity (Wildman–Crippen MR) is 106 cm³/mol. The van der Waals surface area contributed by atoms with E-state index in [4.69, 9.17) is 9.47 Å². The van der Waals surface area contributed by atoms with Crippen LogP contribution in [0.25, 0.3) is 10.8 Å². The average molecular weight is 384 g/mol. The minimum Gasteiger partial charge on any atom is -0.497 e. The minimum absolute atomic E-state index is 0.186.